The summed E-state index contributed by atoms with van der Waals surface area (Å²) in [6, 6.07) is 0. The molecular formula is C11H24N2O. The maximum Gasteiger partial charge on any atom is 0.236 e. The number of nitrogens with zero attached hydrogens (tertiary/aromatic N) is 1. The highest BCUT2D eigenvalue weighted by Gasteiger charge is 2.19. The Morgan fingerprint density at radius 2 is 1.86 bits per heavy atom. The number of rotatable bonds is 4. The van der Waals surface area contributed by atoms with Gasteiger partial charge in [0.05, 0.1) is 6.54 Å². The van der Waals surface area contributed by atoms with Crippen molar-refractivity contribution in [3.8, 4) is 0 Å². The molecule has 1 unspecified atom stereocenters. The first-order chi connectivity index (χ1) is 6.25. The van der Waals surface area contributed by atoms with Gasteiger partial charge in [-0.3, -0.25) is 4.79 Å². The fourth-order valence-electron chi connectivity index (χ4n) is 0.860. The minimum Gasteiger partial charge on any atom is -0.348 e. The first-order valence-corrected chi connectivity index (χ1v) is 5.16. The van der Waals surface area contributed by atoms with Gasteiger partial charge in [0.2, 0.25) is 5.91 Å². The van der Waals surface area contributed by atoms with E-state index in [1.54, 1.807) is 19.0 Å². The molecule has 1 amide bonds. The Morgan fingerprint density at radius 1 is 1.36 bits per heavy atom. The largest absolute Gasteiger partial charge is 0.348 e. The fraction of sp³-hybridized carbons (Fsp3) is 0.909. The van der Waals surface area contributed by atoms with E-state index in [0.717, 1.165) is 6.54 Å². The predicted molar refractivity (Wildman–Crippen MR) is 60.2 cm³/mol. The number of amides is 1. The molecule has 0 bridgehead atoms. The SMILES string of the molecule is CC(CNCC(=O)N(C)C)C(C)(C)C. The molecule has 0 saturated heterocycles. The quantitative estimate of drug-likeness (QED) is 0.743. The van der Waals surface area contributed by atoms with E-state index in [9.17, 15) is 4.79 Å². The minimum absolute atomic E-state index is 0.131. The Labute approximate surface area is 87.9 Å². The smallest absolute Gasteiger partial charge is 0.236 e. The van der Waals surface area contributed by atoms with E-state index in [2.05, 4.69) is 33.0 Å². The summed E-state index contributed by atoms with van der Waals surface area (Å²) in [6.07, 6.45) is 0. The van der Waals surface area contributed by atoms with Gasteiger partial charge in [-0.15, -0.1) is 0 Å². The highest BCUT2D eigenvalue weighted by atomic mass is 16.2. The van der Waals surface area contributed by atoms with Gasteiger partial charge < -0.3 is 10.2 Å². The molecule has 3 heteroatoms. The zero-order valence-corrected chi connectivity index (χ0v) is 10.3. The van der Waals surface area contributed by atoms with E-state index in [1.165, 1.54) is 0 Å². The molecule has 0 aliphatic carbocycles. The number of nitrogens with one attached hydrogen (secondary N) is 1. The zero-order chi connectivity index (χ0) is 11.4. The topological polar surface area (TPSA) is 32.3 Å². The normalized spacial score (nSPS) is 13.9. The Kier molecular flexibility index (Phi) is 5.13. The van der Waals surface area contributed by atoms with Crippen LogP contribution in [0, 0.1) is 11.3 Å². The molecule has 0 heterocycles. The van der Waals surface area contributed by atoms with E-state index in [4.69, 9.17) is 0 Å². The highest BCUT2D eigenvalue weighted by molar-refractivity contribution is 5.77. The van der Waals surface area contributed by atoms with Crippen molar-refractivity contribution in [3.05, 3.63) is 0 Å². The minimum atomic E-state index is 0.131. The van der Waals surface area contributed by atoms with Crippen molar-refractivity contribution in [2.45, 2.75) is 27.7 Å². The third-order valence-electron chi connectivity index (χ3n) is 2.70. The van der Waals surface area contributed by atoms with E-state index in [1.807, 2.05) is 0 Å². The maximum absolute atomic E-state index is 11.2. The van der Waals surface area contributed by atoms with Crippen molar-refractivity contribution in [1.29, 1.82) is 0 Å². The van der Waals surface area contributed by atoms with Gasteiger partial charge in [-0.1, -0.05) is 27.7 Å². The molecule has 0 saturated carbocycles. The molecule has 1 atom stereocenters. The van der Waals surface area contributed by atoms with Crippen LogP contribution in [0.4, 0.5) is 0 Å². The molecule has 0 aromatic heterocycles. The van der Waals surface area contributed by atoms with Crippen LogP contribution in [0.5, 0.6) is 0 Å². The number of carbonyl (C=O) groups excluding carboxylic acids is 1. The van der Waals surface area contributed by atoms with E-state index < -0.39 is 0 Å². The second-order valence-electron chi connectivity index (χ2n) is 5.19. The van der Waals surface area contributed by atoms with Crippen LogP contribution in [0.2, 0.25) is 0 Å². The van der Waals surface area contributed by atoms with Crippen LogP contribution in [-0.2, 0) is 4.79 Å². The molecule has 0 aromatic rings. The van der Waals surface area contributed by atoms with Gasteiger partial charge in [-0.05, 0) is 17.9 Å². The van der Waals surface area contributed by atoms with E-state index in [-0.39, 0.29) is 5.91 Å². The van der Waals surface area contributed by atoms with Crippen LogP contribution < -0.4 is 5.32 Å². The maximum atomic E-state index is 11.2. The molecule has 84 valence electrons. The molecule has 0 aliphatic heterocycles. The van der Waals surface area contributed by atoms with Crippen LogP contribution in [0.15, 0.2) is 0 Å². The summed E-state index contributed by atoms with van der Waals surface area (Å²) in [5.41, 5.74) is 0.300. The highest BCUT2D eigenvalue weighted by Crippen LogP contribution is 2.24. The van der Waals surface area contributed by atoms with Crippen molar-refractivity contribution in [2.75, 3.05) is 27.2 Å². The third kappa shape index (κ3) is 5.22. The van der Waals surface area contributed by atoms with Gasteiger partial charge in [0.25, 0.3) is 0 Å². The third-order valence-corrected chi connectivity index (χ3v) is 2.70. The predicted octanol–water partition coefficient (Wildman–Crippen LogP) is 1.35. The van der Waals surface area contributed by atoms with Crippen LogP contribution in [0.1, 0.15) is 27.7 Å². The van der Waals surface area contributed by atoms with Crippen molar-refractivity contribution in [1.82, 2.24) is 10.2 Å². The summed E-state index contributed by atoms with van der Waals surface area (Å²) in [5, 5.41) is 3.18. The molecule has 14 heavy (non-hydrogen) atoms. The number of hydrogen-bond acceptors (Lipinski definition) is 2. The first-order valence-electron chi connectivity index (χ1n) is 5.16. The molecule has 0 aliphatic rings. The lowest BCUT2D eigenvalue weighted by Gasteiger charge is -2.27. The molecule has 0 radical (unpaired) electrons. The Hall–Kier alpha value is -0.570. The van der Waals surface area contributed by atoms with Gasteiger partial charge in [0, 0.05) is 14.1 Å². The van der Waals surface area contributed by atoms with Crippen LogP contribution in [-0.4, -0.2) is 38.0 Å². The molecular weight excluding hydrogens is 176 g/mol. The molecule has 0 aromatic carbocycles. The van der Waals surface area contributed by atoms with Gasteiger partial charge in [0.1, 0.15) is 0 Å². The Morgan fingerprint density at radius 3 is 2.21 bits per heavy atom. The summed E-state index contributed by atoms with van der Waals surface area (Å²) in [5.74, 6) is 0.698. The number of likely N-dealkylation sites (N-methyl/N-ethyl adjacent to an activating group) is 1. The van der Waals surface area contributed by atoms with Gasteiger partial charge in [-0.2, -0.15) is 0 Å². The zero-order valence-electron chi connectivity index (χ0n) is 10.3. The average molecular weight is 200 g/mol. The van der Waals surface area contributed by atoms with Crippen molar-refractivity contribution < 1.29 is 4.79 Å². The summed E-state index contributed by atoms with van der Waals surface area (Å²) < 4.78 is 0. The van der Waals surface area contributed by atoms with Crippen LogP contribution in [0.25, 0.3) is 0 Å². The van der Waals surface area contributed by atoms with Crippen molar-refractivity contribution in [2.24, 2.45) is 11.3 Å². The monoisotopic (exact) mass is 200 g/mol. The standard InChI is InChI=1S/C11H24N2O/c1-9(11(2,3)4)7-12-8-10(14)13(5)6/h9,12H,7-8H2,1-6H3. The molecule has 0 spiro atoms. The summed E-state index contributed by atoms with van der Waals surface area (Å²) in [7, 11) is 3.55. The van der Waals surface area contributed by atoms with E-state index >= 15 is 0 Å². The van der Waals surface area contributed by atoms with E-state index in [0.29, 0.717) is 17.9 Å². The summed E-state index contributed by atoms with van der Waals surface area (Å²) in [4.78, 5) is 12.8. The molecule has 3 nitrogen and oxygen atoms in total. The molecule has 0 rings (SSSR count). The Balaban J connectivity index is 3.70. The van der Waals surface area contributed by atoms with Gasteiger partial charge >= 0.3 is 0 Å². The van der Waals surface area contributed by atoms with Gasteiger partial charge in [0.15, 0.2) is 0 Å². The number of carbonyl (C=O) groups is 1. The summed E-state index contributed by atoms with van der Waals surface area (Å²) in [6.45, 7) is 10.2. The number of hydrogen-bond donors (Lipinski definition) is 1. The lowest BCUT2D eigenvalue weighted by molar-refractivity contribution is -0.127. The molecule has 0 fully saturated rings. The second kappa shape index (κ2) is 5.35. The van der Waals surface area contributed by atoms with Crippen molar-refractivity contribution >= 4 is 5.91 Å². The first kappa shape index (κ1) is 13.4. The summed E-state index contributed by atoms with van der Waals surface area (Å²) >= 11 is 0. The van der Waals surface area contributed by atoms with Crippen LogP contribution >= 0.6 is 0 Å². The average Bonchev–Trinajstić information content (AvgIpc) is 2.01. The Bertz CT molecular complexity index is 182. The lowest BCUT2D eigenvalue weighted by atomic mass is 9.82. The van der Waals surface area contributed by atoms with Crippen LogP contribution in [0.3, 0.4) is 0 Å². The lowest BCUT2D eigenvalue weighted by Crippen LogP contribution is -2.37. The van der Waals surface area contributed by atoms with Gasteiger partial charge in [-0.25, -0.2) is 0 Å². The fourth-order valence-corrected chi connectivity index (χ4v) is 0.860. The second-order valence-corrected chi connectivity index (χ2v) is 5.19. The van der Waals surface area contributed by atoms with Crippen molar-refractivity contribution in [3.63, 3.8) is 0 Å². The molecule has 1 N–H and O–H groups in total.